The number of fused-ring (bicyclic) bond motifs is 2. The fraction of sp³-hybridized carbons (Fsp3) is 0.0385. The van der Waals surface area contributed by atoms with Crippen molar-refractivity contribution < 1.29 is 13.9 Å². The summed E-state index contributed by atoms with van der Waals surface area (Å²) in [4.78, 5) is 17.2. The van der Waals surface area contributed by atoms with Crippen LogP contribution in [0.5, 0.6) is 5.75 Å². The number of ether oxygens (including phenoxy) is 1. The summed E-state index contributed by atoms with van der Waals surface area (Å²) in [5.74, 6) is 0.569. The van der Waals surface area contributed by atoms with Crippen molar-refractivity contribution in [2.45, 2.75) is 0 Å². The molecule has 174 valence electrons. The molecule has 0 bridgehead atoms. The number of hydrogen-bond acceptors (Lipinski definition) is 5. The number of carbonyl (C=O) groups is 1. The van der Waals surface area contributed by atoms with Gasteiger partial charge in [0.2, 0.25) is 5.89 Å². The molecule has 0 aliphatic carbocycles. The maximum Gasteiger partial charge on any atom is 0.257 e. The van der Waals surface area contributed by atoms with Gasteiger partial charge in [-0.1, -0.05) is 47.5 Å². The summed E-state index contributed by atoms with van der Waals surface area (Å²) < 4.78 is 11.1. The Morgan fingerprint density at radius 3 is 2.57 bits per heavy atom. The summed E-state index contributed by atoms with van der Waals surface area (Å²) in [5.41, 5.74) is 3.10. The van der Waals surface area contributed by atoms with Gasteiger partial charge in [0.25, 0.3) is 5.91 Å². The standard InChI is InChI=1S/C26H17Cl2N3O3S/c1-33-22-10-8-14(12-20(22)28)24(32)31-26(35)29-15-9-11-23-21(13-15)30-25(34-23)18-6-2-5-17-16(18)4-3-7-19(17)27/h2-13H,1H3,(H2,29,31,32,35). The van der Waals surface area contributed by atoms with Crippen molar-refractivity contribution in [1.82, 2.24) is 10.3 Å². The van der Waals surface area contributed by atoms with Crippen LogP contribution in [0, 0.1) is 0 Å². The summed E-state index contributed by atoms with van der Waals surface area (Å²) in [6.45, 7) is 0. The largest absolute Gasteiger partial charge is 0.495 e. The summed E-state index contributed by atoms with van der Waals surface area (Å²) in [5, 5.41) is 8.65. The molecular weight excluding hydrogens is 505 g/mol. The second-order valence-corrected chi connectivity index (χ2v) is 8.82. The number of aromatic nitrogens is 1. The Hall–Kier alpha value is -3.65. The molecule has 6 nitrogen and oxygen atoms in total. The van der Waals surface area contributed by atoms with E-state index in [1.54, 1.807) is 30.3 Å². The van der Waals surface area contributed by atoms with E-state index in [-0.39, 0.29) is 5.11 Å². The average Bonchev–Trinajstić information content (AvgIpc) is 3.27. The molecule has 0 unspecified atom stereocenters. The van der Waals surface area contributed by atoms with Crippen LogP contribution in [-0.2, 0) is 0 Å². The first-order chi connectivity index (χ1) is 16.9. The lowest BCUT2D eigenvalue weighted by molar-refractivity contribution is 0.0977. The molecule has 0 aliphatic heterocycles. The number of rotatable bonds is 4. The topological polar surface area (TPSA) is 76.4 Å². The highest BCUT2D eigenvalue weighted by molar-refractivity contribution is 7.80. The fourth-order valence-corrected chi connectivity index (χ4v) is 4.43. The van der Waals surface area contributed by atoms with E-state index in [0.29, 0.717) is 44.0 Å². The number of nitrogens with zero attached hydrogens (tertiary/aromatic N) is 1. The van der Waals surface area contributed by atoms with E-state index >= 15 is 0 Å². The lowest BCUT2D eigenvalue weighted by Crippen LogP contribution is -2.34. The Morgan fingerprint density at radius 2 is 1.77 bits per heavy atom. The third-order valence-electron chi connectivity index (χ3n) is 5.39. The van der Waals surface area contributed by atoms with Gasteiger partial charge in [0.15, 0.2) is 10.7 Å². The second-order valence-electron chi connectivity index (χ2n) is 7.60. The minimum absolute atomic E-state index is 0.133. The van der Waals surface area contributed by atoms with Crippen molar-refractivity contribution in [3.63, 3.8) is 0 Å². The number of benzene rings is 4. The van der Waals surface area contributed by atoms with Crippen LogP contribution >= 0.6 is 35.4 Å². The lowest BCUT2D eigenvalue weighted by atomic mass is 10.0. The summed E-state index contributed by atoms with van der Waals surface area (Å²) in [6.07, 6.45) is 0. The quantitative estimate of drug-likeness (QED) is 0.246. The molecule has 1 amide bonds. The van der Waals surface area contributed by atoms with E-state index < -0.39 is 5.91 Å². The van der Waals surface area contributed by atoms with Gasteiger partial charge in [0.1, 0.15) is 11.3 Å². The summed E-state index contributed by atoms with van der Waals surface area (Å²) in [7, 11) is 1.51. The Bertz CT molecular complexity index is 1620. The number of nitrogens with one attached hydrogen (secondary N) is 2. The van der Waals surface area contributed by atoms with E-state index in [1.165, 1.54) is 13.2 Å². The highest BCUT2D eigenvalue weighted by Crippen LogP contribution is 2.34. The maximum atomic E-state index is 12.5. The van der Waals surface area contributed by atoms with E-state index in [4.69, 9.17) is 44.6 Å². The number of anilines is 1. The van der Waals surface area contributed by atoms with Gasteiger partial charge >= 0.3 is 0 Å². The predicted molar refractivity (Wildman–Crippen MR) is 144 cm³/mol. The van der Waals surface area contributed by atoms with Crippen LogP contribution < -0.4 is 15.4 Å². The molecule has 0 fully saturated rings. The molecule has 9 heteroatoms. The maximum absolute atomic E-state index is 12.5. The van der Waals surface area contributed by atoms with Crippen LogP contribution in [-0.4, -0.2) is 23.1 Å². The molecule has 35 heavy (non-hydrogen) atoms. The minimum Gasteiger partial charge on any atom is -0.495 e. The molecule has 0 saturated carbocycles. The van der Waals surface area contributed by atoms with Gasteiger partial charge in [0.05, 0.1) is 12.1 Å². The van der Waals surface area contributed by atoms with E-state index in [1.807, 2.05) is 36.4 Å². The molecule has 0 atom stereocenters. The van der Waals surface area contributed by atoms with Crippen molar-refractivity contribution in [2.24, 2.45) is 0 Å². The van der Waals surface area contributed by atoms with Gasteiger partial charge in [-0.3, -0.25) is 10.1 Å². The number of methoxy groups -OCH3 is 1. The Balaban J connectivity index is 1.35. The summed E-state index contributed by atoms with van der Waals surface area (Å²) >= 11 is 17.8. The van der Waals surface area contributed by atoms with E-state index in [9.17, 15) is 4.79 Å². The van der Waals surface area contributed by atoms with Gasteiger partial charge in [-0.25, -0.2) is 4.98 Å². The lowest BCUT2D eigenvalue weighted by Gasteiger charge is -2.10. The van der Waals surface area contributed by atoms with Crippen LogP contribution in [0.2, 0.25) is 10.0 Å². The molecular formula is C26H17Cl2N3O3S. The molecule has 0 spiro atoms. The zero-order valence-electron chi connectivity index (χ0n) is 18.3. The number of carbonyl (C=O) groups excluding carboxylic acids is 1. The number of amides is 1. The van der Waals surface area contributed by atoms with Gasteiger partial charge in [-0.2, -0.15) is 0 Å². The van der Waals surface area contributed by atoms with Gasteiger partial charge in [-0.15, -0.1) is 0 Å². The average molecular weight is 522 g/mol. The van der Waals surface area contributed by atoms with Gasteiger partial charge < -0.3 is 14.5 Å². The molecule has 1 aromatic heterocycles. The molecule has 5 aromatic rings. The molecule has 0 saturated heterocycles. The molecule has 2 N–H and O–H groups in total. The van der Waals surface area contributed by atoms with Gasteiger partial charge in [-0.05, 0) is 66.1 Å². The first-order valence-electron chi connectivity index (χ1n) is 10.5. The zero-order chi connectivity index (χ0) is 24.5. The van der Waals surface area contributed by atoms with Crippen molar-refractivity contribution in [1.29, 1.82) is 0 Å². The highest BCUT2D eigenvalue weighted by Gasteiger charge is 2.14. The third-order valence-corrected chi connectivity index (χ3v) is 6.21. The number of thiocarbonyl (C=S) groups is 1. The van der Waals surface area contributed by atoms with Crippen molar-refractivity contribution in [3.05, 3.63) is 88.4 Å². The molecule has 4 aromatic carbocycles. The SMILES string of the molecule is COc1ccc(C(=O)NC(=S)Nc2ccc3oc(-c4cccc5c(Cl)cccc45)nc3c2)cc1Cl. The van der Waals surface area contributed by atoms with Crippen molar-refractivity contribution in [3.8, 4) is 17.2 Å². The minimum atomic E-state index is -0.397. The third kappa shape index (κ3) is 4.66. The first kappa shape index (κ1) is 23.1. The predicted octanol–water partition coefficient (Wildman–Crippen LogP) is 7.09. The number of halogens is 2. The van der Waals surface area contributed by atoms with Gasteiger partial charge in [0, 0.05) is 27.2 Å². The monoisotopic (exact) mass is 521 g/mol. The zero-order valence-corrected chi connectivity index (χ0v) is 20.6. The van der Waals surface area contributed by atoms with Crippen molar-refractivity contribution >= 4 is 74.0 Å². The van der Waals surface area contributed by atoms with E-state index in [0.717, 1.165) is 16.3 Å². The molecule has 1 heterocycles. The second kappa shape index (κ2) is 9.54. The number of hydrogen-bond donors (Lipinski definition) is 2. The normalized spacial score (nSPS) is 10.9. The molecule has 0 aliphatic rings. The Kier molecular flexibility index (Phi) is 6.30. The van der Waals surface area contributed by atoms with Crippen LogP contribution in [0.3, 0.4) is 0 Å². The molecule has 0 radical (unpaired) electrons. The van der Waals surface area contributed by atoms with Crippen LogP contribution in [0.25, 0.3) is 33.3 Å². The smallest absolute Gasteiger partial charge is 0.257 e. The first-order valence-corrected chi connectivity index (χ1v) is 11.6. The van der Waals surface area contributed by atoms with Crippen LogP contribution in [0.1, 0.15) is 10.4 Å². The Morgan fingerprint density at radius 1 is 0.971 bits per heavy atom. The highest BCUT2D eigenvalue weighted by atomic mass is 35.5. The van der Waals surface area contributed by atoms with E-state index in [2.05, 4.69) is 15.6 Å². The molecule has 5 rings (SSSR count). The number of oxazole rings is 1. The Labute approximate surface area is 215 Å². The van der Waals surface area contributed by atoms with Crippen molar-refractivity contribution in [2.75, 3.05) is 12.4 Å². The van der Waals surface area contributed by atoms with Crippen LogP contribution in [0.4, 0.5) is 5.69 Å². The summed E-state index contributed by atoms with van der Waals surface area (Å²) in [6, 6.07) is 21.7. The fourth-order valence-electron chi connectivity index (χ4n) is 3.72. The van der Waals surface area contributed by atoms with Crippen LogP contribution in [0.15, 0.2) is 77.2 Å².